The zero-order valence-corrected chi connectivity index (χ0v) is 14.8. The first kappa shape index (κ1) is 17.7. The molecular weight excluding hydrogens is 311 g/mol. The van der Waals surface area contributed by atoms with E-state index < -0.39 is 21.8 Å². The molecule has 0 N–H and O–H groups in total. The number of hydrogen-bond acceptors (Lipinski definition) is 2. The fraction of sp³-hybridized carbons (Fsp3) is 0.368. The van der Waals surface area contributed by atoms with Crippen molar-refractivity contribution in [3.8, 4) is 0 Å². The number of benzene rings is 2. The summed E-state index contributed by atoms with van der Waals surface area (Å²) in [7, 11) is -3.66. The minimum atomic E-state index is -3.66. The lowest BCUT2D eigenvalue weighted by Gasteiger charge is -2.19. The Labute approximate surface area is 138 Å². The van der Waals surface area contributed by atoms with E-state index in [9.17, 15) is 12.8 Å². The number of hydrogen-bond donors (Lipinski definition) is 0. The summed E-state index contributed by atoms with van der Waals surface area (Å²) in [6.45, 7) is 8.09. The van der Waals surface area contributed by atoms with E-state index in [1.54, 1.807) is 48.5 Å². The maximum Gasteiger partial charge on any atom is 0.181 e. The maximum absolute atomic E-state index is 14.3. The average molecular weight is 334 g/mol. The topological polar surface area (TPSA) is 34.1 Å². The van der Waals surface area contributed by atoms with Crippen LogP contribution in [0, 0.1) is 6.92 Å². The van der Waals surface area contributed by atoms with Crippen LogP contribution in [0.1, 0.15) is 43.6 Å². The lowest BCUT2D eigenvalue weighted by molar-refractivity contribution is 0.374. The van der Waals surface area contributed by atoms with Gasteiger partial charge in [-0.05, 0) is 35.6 Å². The molecule has 0 saturated heterocycles. The normalized spacial score (nSPS) is 13.8. The van der Waals surface area contributed by atoms with Crippen LogP contribution in [0.3, 0.4) is 0 Å². The van der Waals surface area contributed by atoms with Crippen molar-refractivity contribution < 1.29 is 12.8 Å². The molecule has 2 aromatic carbocycles. The Bertz CT molecular complexity index is 755. The van der Waals surface area contributed by atoms with E-state index in [-0.39, 0.29) is 10.3 Å². The summed E-state index contributed by atoms with van der Waals surface area (Å²) in [5, 5.41) is 0. The van der Waals surface area contributed by atoms with E-state index in [0.29, 0.717) is 5.56 Å². The summed E-state index contributed by atoms with van der Waals surface area (Å²) in [6.07, 6.45) is -1.53. The van der Waals surface area contributed by atoms with Crippen LogP contribution in [0.5, 0.6) is 0 Å². The molecule has 2 rings (SSSR count). The van der Waals surface area contributed by atoms with Crippen LogP contribution < -0.4 is 0 Å². The number of sulfone groups is 1. The molecule has 1 atom stereocenters. The minimum absolute atomic E-state index is 0.0488. The van der Waals surface area contributed by atoms with Crippen molar-refractivity contribution in [3.05, 3.63) is 65.2 Å². The van der Waals surface area contributed by atoms with Gasteiger partial charge in [0.15, 0.2) is 9.84 Å². The summed E-state index contributed by atoms with van der Waals surface area (Å²) < 4.78 is 39.1. The van der Waals surface area contributed by atoms with Gasteiger partial charge in [-0.25, -0.2) is 12.8 Å². The van der Waals surface area contributed by atoms with Crippen molar-refractivity contribution in [2.24, 2.45) is 0 Å². The molecule has 0 aliphatic heterocycles. The first-order valence-electron chi connectivity index (χ1n) is 7.63. The summed E-state index contributed by atoms with van der Waals surface area (Å²) in [5.74, 6) is -0.537. The molecule has 0 aromatic heterocycles. The highest BCUT2D eigenvalue weighted by Gasteiger charge is 2.23. The third-order valence-electron chi connectivity index (χ3n) is 3.88. The second-order valence-electron chi connectivity index (χ2n) is 6.93. The molecule has 0 saturated carbocycles. The first-order valence-corrected chi connectivity index (χ1v) is 9.29. The molecule has 0 heterocycles. The predicted molar refractivity (Wildman–Crippen MR) is 92.2 cm³/mol. The van der Waals surface area contributed by atoms with Gasteiger partial charge in [0.2, 0.25) is 0 Å². The molecular formula is C19H23FO2S. The molecule has 0 bridgehead atoms. The first-order chi connectivity index (χ1) is 10.6. The van der Waals surface area contributed by atoms with E-state index in [2.05, 4.69) is 20.8 Å². The third-order valence-corrected chi connectivity index (χ3v) is 5.61. The van der Waals surface area contributed by atoms with E-state index in [0.717, 1.165) is 11.1 Å². The molecule has 0 amide bonds. The van der Waals surface area contributed by atoms with Crippen molar-refractivity contribution in [2.45, 2.75) is 44.2 Å². The molecule has 124 valence electrons. The Balaban J connectivity index is 2.20. The van der Waals surface area contributed by atoms with Crippen molar-refractivity contribution in [2.75, 3.05) is 5.75 Å². The van der Waals surface area contributed by atoms with Gasteiger partial charge in [-0.3, -0.25) is 0 Å². The highest BCUT2D eigenvalue weighted by Crippen LogP contribution is 2.26. The molecule has 2 nitrogen and oxygen atoms in total. The van der Waals surface area contributed by atoms with Crippen LogP contribution in [0.25, 0.3) is 0 Å². The Morgan fingerprint density at radius 2 is 1.48 bits per heavy atom. The molecule has 4 heteroatoms. The van der Waals surface area contributed by atoms with Gasteiger partial charge in [0.1, 0.15) is 6.17 Å². The number of aryl methyl sites for hydroxylation is 1. The summed E-state index contributed by atoms with van der Waals surface area (Å²) in [6, 6.07) is 13.6. The molecule has 0 aliphatic rings. The molecule has 1 unspecified atom stereocenters. The molecule has 23 heavy (non-hydrogen) atoms. The lowest BCUT2D eigenvalue weighted by Crippen LogP contribution is -2.14. The second-order valence-corrected chi connectivity index (χ2v) is 8.97. The molecule has 0 spiro atoms. The Morgan fingerprint density at radius 3 is 1.96 bits per heavy atom. The fourth-order valence-electron chi connectivity index (χ4n) is 2.32. The minimum Gasteiger partial charge on any atom is -0.241 e. The van der Waals surface area contributed by atoms with Gasteiger partial charge in [0, 0.05) is 0 Å². The van der Waals surface area contributed by atoms with Crippen LogP contribution in [0.2, 0.25) is 0 Å². The maximum atomic E-state index is 14.3. The van der Waals surface area contributed by atoms with Crippen molar-refractivity contribution >= 4 is 9.84 Å². The lowest BCUT2D eigenvalue weighted by atomic mass is 9.87. The van der Waals surface area contributed by atoms with Gasteiger partial charge >= 0.3 is 0 Å². The monoisotopic (exact) mass is 334 g/mol. The van der Waals surface area contributed by atoms with Gasteiger partial charge < -0.3 is 0 Å². The largest absolute Gasteiger partial charge is 0.241 e. The highest BCUT2D eigenvalue weighted by atomic mass is 32.2. The zero-order chi connectivity index (χ0) is 17.3. The summed E-state index contributed by atoms with van der Waals surface area (Å²) >= 11 is 0. The highest BCUT2D eigenvalue weighted by molar-refractivity contribution is 7.91. The van der Waals surface area contributed by atoms with Crippen LogP contribution in [-0.2, 0) is 15.3 Å². The van der Waals surface area contributed by atoms with Crippen LogP contribution in [0.15, 0.2) is 53.4 Å². The smallest absolute Gasteiger partial charge is 0.181 e. The SMILES string of the molecule is Cc1ccc(C(F)CS(=O)(=O)c2ccc(C(C)(C)C)cc2)cc1. The number of alkyl halides is 1. The number of rotatable bonds is 4. The van der Waals surface area contributed by atoms with Crippen molar-refractivity contribution in [1.29, 1.82) is 0 Å². The van der Waals surface area contributed by atoms with Crippen LogP contribution >= 0.6 is 0 Å². The van der Waals surface area contributed by atoms with E-state index >= 15 is 0 Å². The fourth-order valence-corrected chi connectivity index (χ4v) is 3.64. The van der Waals surface area contributed by atoms with Gasteiger partial charge in [-0.1, -0.05) is 62.7 Å². The van der Waals surface area contributed by atoms with Gasteiger partial charge in [-0.2, -0.15) is 0 Å². The Hall–Kier alpha value is -1.68. The standard InChI is InChI=1S/C19H23FO2S/c1-14-5-7-15(8-6-14)18(20)13-23(21,22)17-11-9-16(10-12-17)19(2,3)4/h5-12,18H,13H2,1-4H3. The summed E-state index contributed by atoms with van der Waals surface area (Å²) in [4.78, 5) is 0.167. The second kappa shape index (κ2) is 6.44. The van der Waals surface area contributed by atoms with Crippen molar-refractivity contribution in [3.63, 3.8) is 0 Å². The zero-order valence-electron chi connectivity index (χ0n) is 14.0. The van der Waals surface area contributed by atoms with E-state index in [1.807, 2.05) is 6.92 Å². The Kier molecular flexibility index (Phi) is 4.95. The van der Waals surface area contributed by atoms with Gasteiger partial charge in [0.05, 0.1) is 10.6 Å². The number of halogens is 1. The summed E-state index contributed by atoms with van der Waals surface area (Å²) in [5.41, 5.74) is 2.41. The predicted octanol–water partition coefficient (Wildman–Crippen LogP) is 4.78. The van der Waals surface area contributed by atoms with Crippen LogP contribution in [-0.4, -0.2) is 14.2 Å². The van der Waals surface area contributed by atoms with Crippen LogP contribution in [0.4, 0.5) is 4.39 Å². The van der Waals surface area contributed by atoms with E-state index in [4.69, 9.17) is 0 Å². The molecule has 0 aliphatic carbocycles. The molecule has 0 fully saturated rings. The van der Waals surface area contributed by atoms with E-state index in [1.165, 1.54) is 0 Å². The van der Waals surface area contributed by atoms with Crippen molar-refractivity contribution in [1.82, 2.24) is 0 Å². The average Bonchev–Trinajstić information content (AvgIpc) is 2.46. The quantitative estimate of drug-likeness (QED) is 0.806. The van der Waals surface area contributed by atoms with Gasteiger partial charge in [0.25, 0.3) is 0 Å². The van der Waals surface area contributed by atoms with Gasteiger partial charge in [-0.15, -0.1) is 0 Å². The molecule has 0 radical (unpaired) electrons. The molecule has 2 aromatic rings. The Morgan fingerprint density at radius 1 is 0.957 bits per heavy atom. The third kappa shape index (κ3) is 4.41.